The molecule has 0 saturated heterocycles. The molecule has 0 spiro atoms. The van der Waals surface area contributed by atoms with Crippen LogP contribution in [0.5, 0.6) is 11.5 Å². The molecule has 0 aliphatic rings. The molecule has 2 aromatic rings. The SMILES string of the molecule is CCCCNC(=O)[C@@H](C)N(Cc1ccccc1F)C(=O)CN(c1ccc(OC)c(OC)c1)S(C)(=O)=O. The molecule has 11 heteroatoms. The van der Waals surface area contributed by atoms with Crippen LogP contribution in [-0.2, 0) is 26.2 Å². The Balaban J connectivity index is 2.41. The second kappa shape index (κ2) is 13.1. The van der Waals surface area contributed by atoms with Gasteiger partial charge in [-0.25, -0.2) is 12.8 Å². The van der Waals surface area contributed by atoms with Crippen LogP contribution in [0.3, 0.4) is 0 Å². The van der Waals surface area contributed by atoms with E-state index in [9.17, 15) is 22.4 Å². The lowest BCUT2D eigenvalue weighted by Crippen LogP contribution is -2.51. The molecule has 0 unspecified atom stereocenters. The van der Waals surface area contributed by atoms with Gasteiger partial charge in [-0.2, -0.15) is 0 Å². The molecule has 198 valence electrons. The molecular formula is C25H34FN3O6S. The van der Waals surface area contributed by atoms with Gasteiger partial charge < -0.3 is 19.7 Å². The molecule has 0 aliphatic carbocycles. The average Bonchev–Trinajstić information content (AvgIpc) is 2.85. The summed E-state index contributed by atoms with van der Waals surface area (Å²) in [6.07, 6.45) is 2.61. The number of rotatable bonds is 13. The Morgan fingerprint density at radius 3 is 2.33 bits per heavy atom. The number of hydrogen-bond donors (Lipinski definition) is 1. The number of carbonyl (C=O) groups excluding carboxylic acids is 2. The van der Waals surface area contributed by atoms with Crippen molar-refractivity contribution >= 4 is 27.5 Å². The molecular weight excluding hydrogens is 489 g/mol. The third-order valence-electron chi connectivity index (χ3n) is 5.63. The van der Waals surface area contributed by atoms with E-state index in [1.54, 1.807) is 6.07 Å². The summed E-state index contributed by atoms with van der Waals surface area (Å²) in [5, 5.41) is 2.77. The molecule has 1 N–H and O–H groups in total. The monoisotopic (exact) mass is 523 g/mol. The lowest BCUT2D eigenvalue weighted by molar-refractivity contribution is -0.139. The smallest absolute Gasteiger partial charge is 0.244 e. The Labute approximate surface area is 212 Å². The van der Waals surface area contributed by atoms with Gasteiger partial charge in [0.1, 0.15) is 18.4 Å². The fourth-order valence-corrected chi connectivity index (χ4v) is 4.36. The van der Waals surface area contributed by atoms with Crippen LogP contribution < -0.4 is 19.1 Å². The number of unbranched alkanes of at least 4 members (excludes halogenated alkanes) is 1. The number of nitrogens with zero attached hydrogens (tertiary/aromatic N) is 2. The summed E-state index contributed by atoms with van der Waals surface area (Å²) < 4.78 is 51.2. The molecule has 0 bridgehead atoms. The minimum absolute atomic E-state index is 0.175. The Morgan fingerprint density at radius 2 is 1.75 bits per heavy atom. The third kappa shape index (κ3) is 7.58. The van der Waals surface area contributed by atoms with Gasteiger partial charge >= 0.3 is 0 Å². The van der Waals surface area contributed by atoms with Gasteiger partial charge in [-0.1, -0.05) is 31.5 Å². The molecule has 0 aromatic heterocycles. The first-order valence-electron chi connectivity index (χ1n) is 11.5. The van der Waals surface area contributed by atoms with E-state index in [1.807, 2.05) is 6.92 Å². The lowest BCUT2D eigenvalue weighted by atomic mass is 10.1. The van der Waals surface area contributed by atoms with Gasteiger partial charge in [0.2, 0.25) is 21.8 Å². The van der Waals surface area contributed by atoms with Crippen molar-refractivity contribution in [2.24, 2.45) is 0 Å². The minimum atomic E-state index is -3.92. The molecule has 36 heavy (non-hydrogen) atoms. The van der Waals surface area contributed by atoms with Crippen LogP contribution in [0.15, 0.2) is 42.5 Å². The Morgan fingerprint density at radius 1 is 1.08 bits per heavy atom. The van der Waals surface area contributed by atoms with Crippen LogP contribution in [-0.4, -0.2) is 64.7 Å². The maximum Gasteiger partial charge on any atom is 0.244 e. The van der Waals surface area contributed by atoms with Crippen molar-refractivity contribution in [3.8, 4) is 11.5 Å². The van der Waals surface area contributed by atoms with Crippen molar-refractivity contribution < 1.29 is 31.9 Å². The van der Waals surface area contributed by atoms with E-state index in [2.05, 4.69) is 5.32 Å². The first kappa shape index (κ1) is 28.9. The fraction of sp³-hybridized carbons (Fsp3) is 0.440. The fourth-order valence-electron chi connectivity index (χ4n) is 3.52. The van der Waals surface area contributed by atoms with E-state index in [0.717, 1.165) is 23.4 Å². The number of anilines is 1. The summed E-state index contributed by atoms with van der Waals surface area (Å²) in [7, 11) is -1.06. The number of benzene rings is 2. The summed E-state index contributed by atoms with van der Waals surface area (Å²) in [6.45, 7) is 3.13. The zero-order valence-corrected chi connectivity index (χ0v) is 22.1. The predicted molar refractivity (Wildman–Crippen MR) is 136 cm³/mol. The molecule has 0 radical (unpaired) electrons. The number of nitrogens with one attached hydrogen (secondary N) is 1. The topological polar surface area (TPSA) is 105 Å². The van der Waals surface area contributed by atoms with Gasteiger partial charge in [-0.3, -0.25) is 13.9 Å². The van der Waals surface area contributed by atoms with Crippen LogP contribution in [0.2, 0.25) is 0 Å². The Bertz CT molecular complexity index is 1160. The maximum atomic E-state index is 14.4. The number of carbonyl (C=O) groups is 2. The maximum absolute atomic E-state index is 14.4. The van der Waals surface area contributed by atoms with Gasteiger partial charge in [0.15, 0.2) is 11.5 Å². The van der Waals surface area contributed by atoms with Crippen molar-refractivity contribution in [2.45, 2.75) is 39.3 Å². The normalized spacial score (nSPS) is 11.9. The van der Waals surface area contributed by atoms with E-state index >= 15 is 0 Å². The lowest BCUT2D eigenvalue weighted by Gasteiger charge is -2.31. The molecule has 2 aromatic carbocycles. The van der Waals surface area contributed by atoms with Gasteiger partial charge in [0, 0.05) is 24.7 Å². The van der Waals surface area contributed by atoms with E-state index < -0.39 is 40.2 Å². The van der Waals surface area contributed by atoms with Crippen molar-refractivity contribution in [2.75, 3.05) is 37.9 Å². The quantitative estimate of drug-likeness (QED) is 0.405. The zero-order valence-electron chi connectivity index (χ0n) is 21.3. The van der Waals surface area contributed by atoms with Crippen LogP contribution in [0.25, 0.3) is 0 Å². The van der Waals surface area contributed by atoms with Crippen molar-refractivity contribution in [1.82, 2.24) is 10.2 Å². The molecule has 2 rings (SSSR count). The van der Waals surface area contributed by atoms with Crippen molar-refractivity contribution in [3.63, 3.8) is 0 Å². The highest BCUT2D eigenvalue weighted by Gasteiger charge is 2.30. The first-order valence-corrected chi connectivity index (χ1v) is 13.4. The van der Waals surface area contributed by atoms with Crippen LogP contribution in [0, 0.1) is 5.82 Å². The molecule has 1 atom stereocenters. The van der Waals surface area contributed by atoms with Crippen molar-refractivity contribution in [1.29, 1.82) is 0 Å². The highest BCUT2D eigenvalue weighted by atomic mass is 32.2. The second-order valence-corrected chi connectivity index (χ2v) is 10.1. The molecule has 0 fully saturated rings. The highest BCUT2D eigenvalue weighted by Crippen LogP contribution is 2.32. The molecule has 0 aliphatic heterocycles. The predicted octanol–water partition coefficient (Wildman–Crippen LogP) is 2.94. The number of methoxy groups -OCH3 is 2. The number of amides is 2. The summed E-state index contributed by atoms with van der Waals surface area (Å²) in [6, 6.07) is 9.40. The minimum Gasteiger partial charge on any atom is -0.493 e. The van der Waals surface area contributed by atoms with E-state index in [4.69, 9.17) is 9.47 Å². The van der Waals surface area contributed by atoms with Gasteiger partial charge in [0.05, 0.1) is 26.2 Å². The van der Waals surface area contributed by atoms with Gasteiger partial charge in [-0.05, 0) is 31.5 Å². The van der Waals surface area contributed by atoms with E-state index in [0.29, 0.717) is 12.3 Å². The summed E-state index contributed by atoms with van der Waals surface area (Å²) in [5.41, 5.74) is 0.380. The number of ether oxygens (including phenoxy) is 2. The summed E-state index contributed by atoms with van der Waals surface area (Å²) >= 11 is 0. The van der Waals surface area contributed by atoms with Crippen LogP contribution >= 0.6 is 0 Å². The Kier molecular flexibility index (Phi) is 10.5. The molecule has 0 saturated carbocycles. The van der Waals surface area contributed by atoms with Crippen molar-refractivity contribution in [3.05, 3.63) is 53.8 Å². The van der Waals surface area contributed by atoms with E-state index in [1.165, 1.54) is 62.4 Å². The van der Waals surface area contributed by atoms with Crippen LogP contribution in [0.1, 0.15) is 32.3 Å². The number of hydrogen-bond acceptors (Lipinski definition) is 6. The standard InChI is InChI=1S/C25H34FN3O6S/c1-6-7-14-27-25(31)18(2)28(16-19-10-8-9-11-21(19)26)24(30)17-29(36(5,32)33)20-12-13-22(34-3)23(15-20)35-4/h8-13,15,18H,6-7,14,16-17H2,1-5H3,(H,27,31)/t18-/m1/s1. The first-order chi connectivity index (χ1) is 17.0. The average molecular weight is 524 g/mol. The van der Waals surface area contributed by atoms with Gasteiger partial charge in [-0.15, -0.1) is 0 Å². The highest BCUT2D eigenvalue weighted by molar-refractivity contribution is 7.92. The third-order valence-corrected chi connectivity index (χ3v) is 6.77. The van der Waals surface area contributed by atoms with Gasteiger partial charge in [0.25, 0.3) is 0 Å². The molecule has 0 heterocycles. The number of sulfonamides is 1. The summed E-state index contributed by atoms with van der Waals surface area (Å²) in [4.78, 5) is 27.5. The Hall–Kier alpha value is -3.34. The number of halogens is 1. The second-order valence-electron chi connectivity index (χ2n) is 8.24. The molecule has 9 nitrogen and oxygen atoms in total. The van der Waals surface area contributed by atoms with E-state index in [-0.39, 0.29) is 23.5 Å². The summed E-state index contributed by atoms with van der Waals surface area (Å²) in [5.74, 6) is -0.946. The zero-order chi connectivity index (χ0) is 26.9. The molecule has 2 amide bonds. The van der Waals surface area contributed by atoms with Crippen LogP contribution in [0.4, 0.5) is 10.1 Å². The largest absolute Gasteiger partial charge is 0.493 e.